The quantitative estimate of drug-likeness (QED) is 0.799. The van der Waals surface area contributed by atoms with Crippen LogP contribution < -0.4 is 5.32 Å². The Balaban J connectivity index is 1.68. The summed E-state index contributed by atoms with van der Waals surface area (Å²) in [4.78, 5) is 2.53. The van der Waals surface area contributed by atoms with Crippen LogP contribution in [0.3, 0.4) is 0 Å². The van der Waals surface area contributed by atoms with Crippen molar-refractivity contribution in [3.8, 4) is 0 Å². The van der Waals surface area contributed by atoms with Crippen LogP contribution in [0.2, 0.25) is 5.02 Å². The van der Waals surface area contributed by atoms with Crippen LogP contribution in [-0.4, -0.2) is 31.1 Å². The fourth-order valence-electron chi connectivity index (χ4n) is 1.97. The highest BCUT2D eigenvalue weighted by atomic mass is 35.5. The monoisotopic (exact) mass is 252 g/mol. The fraction of sp³-hybridized carbons (Fsp3) is 0.571. The molecule has 0 heterocycles. The molecule has 94 valence electrons. The van der Waals surface area contributed by atoms with Gasteiger partial charge >= 0.3 is 0 Å². The van der Waals surface area contributed by atoms with E-state index in [9.17, 15) is 0 Å². The maximum absolute atomic E-state index is 5.85. The largest absolute Gasteiger partial charge is 0.384 e. The van der Waals surface area contributed by atoms with Crippen molar-refractivity contribution >= 4 is 17.3 Å². The van der Waals surface area contributed by atoms with Gasteiger partial charge in [0.05, 0.1) is 0 Å². The van der Waals surface area contributed by atoms with Gasteiger partial charge in [-0.1, -0.05) is 18.5 Å². The molecule has 0 atom stereocenters. The zero-order valence-corrected chi connectivity index (χ0v) is 11.2. The Hall–Kier alpha value is -0.730. The smallest absolute Gasteiger partial charge is 0.0407 e. The molecule has 0 radical (unpaired) electrons. The van der Waals surface area contributed by atoms with E-state index in [2.05, 4.69) is 17.1 Å². The average Bonchev–Trinajstić information content (AvgIpc) is 3.14. The van der Waals surface area contributed by atoms with E-state index in [4.69, 9.17) is 11.6 Å². The molecule has 3 heteroatoms. The van der Waals surface area contributed by atoms with E-state index in [0.29, 0.717) is 0 Å². The fourth-order valence-corrected chi connectivity index (χ4v) is 2.10. The Kier molecular flexibility index (Phi) is 4.69. The molecule has 0 amide bonds. The lowest BCUT2D eigenvalue weighted by molar-refractivity contribution is 0.287. The molecule has 1 aromatic rings. The molecule has 2 nitrogen and oxygen atoms in total. The molecular weight excluding hydrogens is 232 g/mol. The summed E-state index contributed by atoms with van der Waals surface area (Å²) in [5.74, 6) is 0.977. The second kappa shape index (κ2) is 6.27. The third-order valence-corrected chi connectivity index (χ3v) is 3.51. The SMILES string of the molecule is CCN(CCNc1ccc(Cl)cc1)CC1CC1. The van der Waals surface area contributed by atoms with E-state index in [1.807, 2.05) is 24.3 Å². The Morgan fingerprint density at radius 3 is 2.59 bits per heavy atom. The molecular formula is C14H21ClN2. The normalized spacial score (nSPS) is 15.2. The predicted octanol–water partition coefficient (Wildman–Crippen LogP) is 3.48. The van der Waals surface area contributed by atoms with Crippen molar-refractivity contribution in [3.05, 3.63) is 29.3 Å². The third-order valence-electron chi connectivity index (χ3n) is 3.26. The summed E-state index contributed by atoms with van der Waals surface area (Å²) >= 11 is 5.85. The van der Waals surface area contributed by atoms with Crippen LogP contribution >= 0.6 is 11.6 Å². The summed E-state index contributed by atoms with van der Waals surface area (Å²) in [5, 5.41) is 4.22. The van der Waals surface area contributed by atoms with Crippen molar-refractivity contribution in [3.63, 3.8) is 0 Å². The van der Waals surface area contributed by atoms with Crippen molar-refractivity contribution in [1.82, 2.24) is 4.90 Å². The van der Waals surface area contributed by atoms with Crippen molar-refractivity contribution in [2.75, 3.05) is 31.5 Å². The Bertz CT molecular complexity index is 333. The number of hydrogen-bond acceptors (Lipinski definition) is 2. The summed E-state index contributed by atoms with van der Waals surface area (Å²) in [5.41, 5.74) is 1.15. The van der Waals surface area contributed by atoms with E-state index in [1.54, 1.807) is 0 Å². The molecule has 0 aliphatic heterocycles. The lowest BCUT2D eigenvalue weighted by Gasteiger charge is -2.20. The molecule has 1 aliphatic rings. The maximum Gasteiger partial charge on any atom is 0.0407 e. The number of hydrogen-bond donors (Lipinski definition) is 1. The molecule has 0 unspecified atom stereocenters. The molecule has 17 heavy (non-hydrogen) atoms. The van der Waals surface area contributed by atoms with Gasteiger partial charge in [0.25, 0.3) is 0 Å². The van der Waals surface area contributed by atoms with Gasteiger partial charge in [-0.3, -0.25) is 0 Å². The number of halogens is 1. The number of rotatable bonds is 7. The molecule has 1 aliphatic carbocycles. The van der Waals surface area contributed by atoms with Crippen LogP contribution in [0.5, 0.6) is 0 Å². The Morgan fingerprint density at radius 1 is 1.29 bits per heavy atom. The molecule has 0 bridgehead atoms. The minimum absolute atomic E-state index is 0.791. The predicted molar refractivity (Wildman–Crippen MR) is 74.8 cm³/mol. The highest BCUT2D eigenvalue weighted by molar-refractivity contribution is 6.30. The summed E-state index contributed by atoms with van der Waals surface area (Å²) in [6.45, 7) is 6.79. The molecule has 1 fully saturated rings. The molecule has 0 spiro atoms. The van der Waals surface area contributed by atoms with E-state index >= 15 is 0 Å². The van der Waals surface area contributed by atoms with Crippen LogP contribution in [0.25, 0.3) is 0 Å². The highest BCUT2D eigenvalue weighted by Gasteiger charge is 2.23. The lowest BCUT2D eigenvalue weighted by atomic mass is 10.3. The average molecular weight is 253 g/mol. The highest BCUT2D eigenvalue weighted by Crippen LogP contribution is 2.29. The number of anilines is 1. The van der Waals surface area contributed by atoms with Crippen LogP contribution in [0.4, 0.5) is 5.69 Å². The minimum Gasteiger partial charge on any atom is -0.384 e. The number of nitrogens with one attached hydrogen (secondary N) is 1. The van der Waals surface area contributed by atoms with Gasteiger partial charge in [0.15, 0.2) is 0 Å². The van der Waals surface area contributed by atoms with Gasteiger partial charge in [-0.25, -0.2) is 0 Å². The zero-order chi connectivity index (χ0) is 12.1. The first kappa shape index (κ1) is 12.7. The van der Waals surface area contributed by atoms with Crippen molar-refractivity contribution in [2.24, 2.45) is 5.92 Å². The van der Waals surface area contributed by atoms with Crippen LogP contribution in [0.1, 0.15) is 19.8 Å². The number of benzene rings is 1. The van der Waals surface area contributed by atoms with E-state index in [-0.39, 0.29) is 0 Å². The standard InChI is InChI=1S/C14H21ClN2/c1-2-17(11-12-3-4-12)10-9-16-14-7-5-13(15)6-8-14/h5-8,12,16H,2-4,9-11H2,1H3. The first-order valence-electron chi connectivity index (χ1n) is 6.49. The van der Waals surface area contributed by atoms with Crippen molar-refractivity contribution in [2.45, 2.75) is 19.8 Å². The van der Waals surface area contributed by atoms with Crippen LogP contribution in [0, 0.1) is 5.92 Å². The summed E-state index contributed by atoms with van der Waals surface area (Å²) < 4.78 is 0. The van der Waals surface area contributed by atoms with Crippen molar-refractivity contribution < 1.29 is 0 Å². The van der Waals surface area contributed by atoms with E-state index in [0.717, 1.165) is 36.3 Å². The minimum atomic E-state index is 0.791. The van der Waals surface area contributed by atoms with E-state index < -0.39 is 0 Å². The number of likely N-dealkylation sites (N-methyl/N-ethyl adjacent to an activating group) is 1. The first-order valence-corrected chi connectivity index (χ1v) is 6.87. The van der Waals surface area contributed by atoms with Gasteiger partial charge < -0.3 is 10.2 Å². The Labute approximate surface area is 109 Å². The van der Waals surface area contributed by atoms with Crippen LogP contribution in [-0.2, 0) is 0 Å². The van der Waals surface area contributed by atoms with E-state index in [1.165, 1.54) is 19.4 Å². The zero-order valence-electron chi connectivity index (χ0n) is 10.5. The topological polar surface area (TPSA) is 15.3 Å². The van der Waals surface area contributed by atoms with Gasteiger partial charge in [0, 0.05) is 30.3 Å². The summed E-state index contributed by atoms with van der Waals surface area (Å²) in [6.07, 6.45) is 2.86. The van der Waals surface area contributed by atoms with Gasteiger partial charge in [0.2, 0.25) is 0 Å². The summed E-state index contributed by atoms with van der Waals surface area (Å²) in [6, 6.07) is 7.90. The molecule has 1 saturated carbocycles. The molecule has 0 saturated heterocycles. The van der Waals surface area contributed by atoms with Crippen molar-refractivity contribution in [1.29, 1.82) is 0 Å². The third kappa shape index (κ3) is 4.57. The summed E-state index contributed by atoms with van der Waals surface area (Å²) in [7, 11) is 0. The molecule has 1 aromatic carbocycles. The second-order valence-corrected chi connectivity index (χ2v) is 5.21. The molecule has 1 N–H and O–H groups in total. The Morgan fingerprint density at radius 2 is 2.00 bits per heavy atom. The van der Waals surface area contributed by atoms with Gasteiger partial charge in [-0.2, -0.15) is 0 Å². The molecule has 0 aromatic heterocycles. The first-order chi connectivity index (χ1) is 8.28. The number of nitrogens with zero attached hydrogens (tertiary/aromatic N) is 1. The second-order valence-electron chi connectivity index (χ2n) is 4.77. The van der Waals surface area contributed by atoms with Gasteiger partial charge in [-0.15, -0.1) is 0 Å². The van der Waals surface area contributed by atoms with Crippen LogP contribution in [0.15, 0.2) is 24.3 Å². The van der Waals surface area contributed by atoms with Gasteiger partial charge in [-0.05, 0) is 49.6 Å². The lowest BCUT2D eigenvalue weighted by Crippen LogP contribution is -2.30. The maximum atomic E-state index is 5.85. The molecule has 2 rings (SSSR count). The van der Waals surface area contributed by atoms with Gasteiger partial charge in [0.1, 0.15) is 0 Å².